The standard InChI is InChI=1S/C27H34N6O7/c1-6-10-28-24(35)20-13-33-22(17(20)4)23(29-14-30-33)31-21-12-19(9-8-16(21)3)25(36)32(11-7-2)27(38)40-15-39-26(37)18(5)34/h8-9,12-14,18,34H,6-7,10-11,15H2,1-5H3,(H,28,35)(H,29,30,31). The van der Waals surface area contributed by atoms with Crippen LogP contribution < -0.4 is 10.6 Å². The maximum Gasteiger partial charge on any atom is 0.419 e. The van der Waals surface area contributed by atoms with E-state index >= 15 is 0 Å². The fraction of sp³-hybridized carbons (Fsp3) is 0.407. The third-order valence-electron chi connectivity index (χ3n) is 5.98. The van der Waals surface area contributed by atoms with Crippen LogP contribution in [0.15, 0.2) is 30.7 Å². The number of carbonyl (C=O) groups excluding carboxylic acids is 4. The van der Waals surface area contributed by atoms with Crippen LogP contribution in [0.4, 0.5) is 16.3 Å². The molecular formula is C27H34N6O7. The summed E-state index contributed by atoms with van der Waals surface area (Å²) >= 11 is 0. The number of aryl methyl sites for hydroxylation is 2. The molecule has 0 fully saturated rings. The predicted octanol–water partition coefficient (Wildman–Crippen LogP) is 3.10. The molecule has 1 unspecified atom stereocenters. The summed E-state index contributed by atoms with van der Waals surface area (Å²) in [7, 11) is 0. The van der Waals surface area contributed by atoms with Crippen molar-refractivity contribution in [2.24, 2.45) is 0 Å². The van der Waals surface area contributed by atoms with Crippen LogP contribution in [0.5, 0.6) is 0 Å². The molecule has 0 aliphatic heterocycles. The third-order valence-corrected chi connectivity index (χ3v) is 5.98. The fourth-order valence-corrected chi connectivity index (χ4v) is 3.82. The first kappa shape index (κ1) is 30.0. The number of rotatable bonds is 11. The van der Waals surface area contributed by atoms with Crippen LogP contribution in [0.1, 0.15) is 65.5 Å². The molecule has 0 saturated heterocycles. The van der Waals surface area contributed by atoms with E-state index in [1.54, 1.807) is 35.8 Å². The summed E-state index contributed by atoms with van der Waals surface area (Å²) in [6.07, 6.45) is 1.91. The van der Waals surface area contributed by atoms with E-state index in [9.17, 15) is 24.3 Å². The minimum atomic E-state index is -1.37. The molecule has 1 aromatic carbocycles. The lowest BCUT2D eigenvalue weighted by atomic mass is 10.1. The Morgan fingerprint density at radius 2 is 1.88 bits per heavy atom. The van der Waals surface area contributed by atoms with Crippen molar-refractivity contribution in [1.29, 1.82) is 0 Å². The Labute approximate surface area is 231 Å². The summed E-state index contributed by atoms with van der Waals surface area (Å²) < 4.78 is 11.1. The summed E-state index contributed by atoms with van der Waals surface area (Å²) in [5.41, 5.74) is 3.33. The topological polar surface area (TPSA) is 164 Å². The third kappa shape index (κ3) is 6.91. The van der Waals surface area contributed by atoms with Crippen molar-refractivity contribution in [1.82, 2.24) is 24.8 Å². The van der Waals surface area contributed by atoms with Crippen LogP contribution in [0.2, 0.25) is 0 Å². The van der Waals surface area contributed by atoms with Gasteiger partial charge < -0.3 is 25.2 Å². The number of nitrogens with one attached hydrogen (secondary N) is 2. The predicted molar refractivity (Wildman–Crippen MR) is 145 cm³/mol. The molecule has 2 aromatic heterocycles. The van der Waals surface area contributed by atoms with Gasteiger partial charge in [0.05, 0.1) is 5.56 Å². The van der Waals surface area contributed by atoms with Crippen molar-refractivity contribution in [3.63, 3.8) is 0 Å². The van der Waals surface area contributed by atoms with Crippen molar-refractivity contribution < 1.29 is 33.8 Å². The van der Waals surface area contributed by atoms with Gasteiger partial charge in [-0.25, -0.2) is 24.0 Å². The number of nitrogens with zero attached hydrogens (tertiary/aromatic N) is 4. The number of carbonyl (C=O) groups is 4. The molecule has 2 heterocycles. The molecule has 214 valence electrons. The molecule has 13 nitrogen and oxygen atoms in total. The maximum absolute atomic E-state index is 13.3. The Kier molecular flexibility index (Phi) is 10.1. The highest BCUT2D eigenvalue weighted by Crippen LogP contribution is 2.28. The number of amides is 3. The molecule has 0 bridgehead atoms. The highest BCUT2D eigenvalue weighted by atomic mass is 16.7. The highest BCUT2D eigenvalue weighted by molar-refractivity contribution is 6.04. The number of benzene rings is 1. The highest BCUT2D eigenvalue weighted by Gasteiger charge is 2.25. The Morgan fingerprint density at radius 1 is 1.12 bits per heavy atom. The van der Waals surface area contributed by atoms with E-state index in [0.717, 1.165) is 16.9 Å². The average Bonchev–Trinajstić information content (AvgIpc) is 3.28. The maximum atomic E-state index is 13.3. The lowest BCUT2D eigenvalue weighted by Crippen LogP contribution is -2.38. The van der Waals surface area contributed by atoms with Crippen molar-refractivity contribution in [2.45, 2.75) is 53.6 Å². The van der Waals surface area contributed by atoms with Gasteiger partial charge in [-0.05, 0) is 56.9 Å². The molecule has 3 amide bonds. The number of anilines is 2. The lowest BCUT2D eigenvalue weighted by Gasteiger charge is -2.20. The van der Waals surface area contributed by atoms with Crippen LogP contribution >= 0.6 is 0 Å². The summed E-state index contributed by atoms with van der Waals surface area (Å²) in [5, 5.41) is 19.5. The van der Waals surface area contributed by atoms with E-state index < -0.39 is 30.9 Å². The fourth-order valence-electron chi connectivity index (χ4n) is 3.82. The smallest absolute Gasteiger partial charge is 0.419 e. The lowest BCUT2D eigenvalue weighted by molar-refractivity contribution is -0.161. The summed E-state index contributed by atoms with van der Waals surface area (Å²) in [6.45, 7) is 8.51. The molecule has 3 aromatic rings. The minimum absolute atomic E-state index is 0.0669. The van der Waals surface area contributed by atoms with Gasteiger partial charge in [0.1, 0.15) is 17.9 Å². The van der Waals surface area contributed by atoms with Crippen molar-refractivity contribution in [3.05, 3.63) is 53.0 Å². The van der Waals surface area contributed by atoms with Crippen LogP contribution in [0.3, 0.4) is 0 Å². The summed E-state index contributed by atoms with van der Waals surface area (Å²) in [5.74, 6) is -1.35. The number of aromatic nitrogens is 3. The number of aliphatic hydroxyl groups excluding tert-OH is 1. The average molecular weight is 555 g/mol. The molecule has 0 aliphatic carbocycles. The second-order valence-corrected chi connectivity index (χ2v) is 9.10. The molecule has 1 atom stereocenters. The number of esters is 1. The SMILES string of the molecule is CCCNC(=O)c1cn2ncnc(Nc3cc(C(=O)N(CCC)C(=O)OCOC(=O)C(C)O)ccc3C)c2c1C. The molecule has 3 rings (SSSR count). The summed E-state index contributed by atoms with van der Waals surface area (Å²) in [6, 6.07) is 4.90. The second kappa shape index (κ2) is 13.5. The van der Waals surface area contributed by atoms with Crippen LogP contribution in [0, 0.1) is 13.8 Å². The van der Waals surface area contributed by atoms with E-state index in [2.05, 4.69) is 25.5 Å². The first-order valence-electron chi connectivity index (χ1n) is 12.9. The number of hydrogen-bond donors (Lipinski definition) is 3. The van der Waals surface area contributed by atoms with E-state index in [1.807, 2.05) is 20.8 Å². The molecule has 13 heteroatoms. The van der Waals surface area contributed by atoms with Crippen LogP contribution in [-0.2, 0) is 14.3 Å². The van der Waals surface area contributed by atoms with Crippen LogP contribution in [-0.4, -0.2) is 74.5 Å². The Morgan fingerprint density at radius 3 is 2.55 bits per heavy atom. The van der Waals surface area contributed by atoms with Crippen molar-refractivity contribution in [3.8, 4) is 0 Å². The van der Waals surface area contributed by atoms with Gasteiger partial charge >= 0.3 is 12.1 Å². The second-order valence-electron chi connectivity index (χ2n) is 9.10. The minimum Gasteiger partial charge on any atom is -0.426 e. The number of aliphatic hydroxyl groups is 1. The van der Waals surface area contributed by atoms with E-state index in [0.29, 0.717) is 41.1 Å². The van der Waals surface area contributed by atoms with Gasteiger partial charge in [-0.3, -0.25) is 9.59 Å². The van der Waals surface area contributed by atoms with Crippen molar-refractivity contribution in [2.75, 3.05) is 25.2 Å². The molecule has 0 spiro atoms. The van der Waals surface area contributed by atoms with Gasteiger partial charge in [0.2, 0.25) is 6.79 Å². The van der Waals surface area contributed by atoms with Gasteiger partial charge in [-0.15, -0.1) is 0 Å². The molecule has 3 N–H and O–H groups in total. The number of hydrogen-bond acceptors (Lipinski definition) is 10. The van der Waals surface area contributed by atoms with E-state index in [-0.39, 0.29) is 18.0 Å². The monoisotopic (exact) mass is 554 g/mol. The first-order valence-corrected chi connectivity index (χ1v) is 12.9. The van der Waals surface area contributed by atoms with Gasteiger partial charge in [0, 0.05) is 30.5 Å². The number of ether oxygens (including phenoxy) is 2. The molecule has 0 aliphatic rings. The normalized spacial score (nSPS) is 11.6. The number of fused-ring (bicyclic) bond motifs is 1. The molecule has 0 radical (unpaired) electrons. The molecule has 40 heavy (non-hydrogen) atoms. The van der Waals surface area contributed by atoms with Crippen LogP contribution in [0.25, 0.3) is 5.52 Å². The Hall–Kier alpha value is -4.52. The van der Waals surface area contributed by atoms with E-state index in [1.165, 1.54) is 13.3 Å². The zero-order chi connectivity index (χ0) is 29.4. The Balaban J connectivity index is 1.86. The Bertz CT molecular complexity index is 1400. The molecular weight excluding hydrogens is 520 g/mol. The van der Waals surface area contributed by atoms with Gasteiger partial charge in [-0.1, -0.05) is 19.9 Å². The largest absolute Gasteiger partial charge is 0.426 e. The van der Waals surface area contributed by atoms with Gasteiger partial charge in [-0.2, -0.15) is 5.10 Å². The van der Waals surface area contributed by atoms with Crippen molar-refractivity contribution >= 4 is 40.9 Å². The van der Waals surface area contributed by atoms with Gasteiger partial charge in [0.25, 0.3) is 11.8 Å². The number of imide groups is 1. The van der Waals surface area contributed by atoms with Gasteiger partial charge in [0.15, 0.2) is 5.82 Å². The van der Waals surface area contributed by atoms with E-state index in [4.69, 9.17) is 4.74 Å². The molecule has 0 saturated carbocycles. The zero-order valence-electron chi connectivity index (χ0n) is 23.2. The quantitative estimate of drug-likeness (QED) is 0.237. The first-order chi connectivity index (χ1) is 19.1. The summed E-state index contributed by atoms with van der Waals surface area (Å²) in [4.78, 5) is 55.2. The zero-order valence-corrected chi connectivity index (χ0v) is 23.2.